The summed E-state index contributed by atoms with van der Waals surface area (Å²) < 4.78 is 5.90. The molecule has 1 aromatic heterocycles. The quantitative estimate of drug-likeness (QED) is 0.533. The first-order valence-electron chi connectivity index (χ1n) is 8.14. The maximum atomic E-state index is 5.90. The number of para-hydroxylation sites is 2. The topological polar surface area (TPSA) is 37.9 Å². The molecule has 0 spiro atoms. The number of hydrogen-bond acceptors (Lipinski definition) is 2. The molecule has 0 aliphatic heterocycles. The second kappa shape index (κ2) is 6.20. The minimum absolute atomic E-state index is 0.819. The minimum Gasteiger partial charge on any atom is -0.457 e. The summed E-state index contributed by atoms with van der Waals surface area (Å²) in [6.45, 7) is 2.15. The number of benzene rings is 3. The molecule has 4 aromatic rings. The third-order valence-electron chi connectivity index (χ3n) is 4.08. The average molecular weight is 314 g/mol. The molecule has 0 fully saturated rings. The summed E-state index contributed by atoms with van der Waals surface area (Å²) in [6.07, 6.45) is 1.03. The van der Waals surface area contributed by atoms with Crippen LogP contribution in [0, 0.1) is 0 Å². The van der Waals surface area contributed by atoms with E-state index in [1.165, 1.54) is 5.56 Å². The van der Waals surface area contributed by atoms with E-state index in [9.17, 15) is 0 Å². The highest BCUT2D eigenvalue weighted by atomic mass is 16.5. The standard InChI is InChI=1S/C21H18N2O/c1-2-15-7-11-17(12-8-15)24-18-13-9-16(10-14-18)21-22-19-5-3-4-6-20(19)23-21/h3-14H,2H2,1H3,(H,22,23). The average Bonchev–Trinajstić information content (AvgIpc) is 3.07. The predicted molar refractivity (Wildman–Crippen MR) is 97.4 cm³/mol. The van der Waals surface area contributed by atoms with Crippen molar-refractivity contribution in [2.24, 2.45) is 0 Å². The Morgan fingerprint density at radius 3 is 2.17 bits per heavy atom. The fourth-order valence-corrected chi connectivity index (χ4v) is 2.70. The molecule has 0 unspecified atom stereocenters. The number of aryl methyl sites for hydroxylation is 1. The Labute approximate surface area is 140 Å². The van der Waals surface area contributed by atoms with Crippen LogP contribution in [0.15, 0.2) is 72.8 Å². The fraction of sp³-hybridized carbons (Fsp3) is 0.0952. The Balaban J connectivity index is 1.55. The summed E-state index contributed by atoms with van der Waals surface area (Å²) in [5, 5.41) is 0. The monoisotopic (exact) mass is 314 g/mol. The second-order valence-corrected chi connectivity index (χ2v) is 5.73. The molecule has 0 saturated carbocycles. The van der Waals surface area contributed by atoms with Crippen LogP contribution in [0.5, 0.6) is 11.5 Å². The Hall–Kier alpha value is -3.07. The van der Waals surface area contributed by atoms with E-state index in [1.807, 2.05) is 60.7 Å². The van der Waals surface area contributed by atoms with Crippen molar-refractivity contribution in [1.29, 1.82) is 0 Å². The summed E-state index contributed by atoms with van der Waals surface area (Å²) in [7, 11) is 0. The van der Waals surface area contributed by atoms with E-state index in [4.69, 9.17) is 4.74 Å². The largest absolute Gasteiger partial charge is 0.457 e. The van der Waals surface area contributed by atoms with Crippen LogP contribution in [0.3, 0.4) is 0 Å². The van der Waals surface area contributed by atoms with Crippen molar-refractivity contribution in [2.75, 3.05) is 0 Å². The highest BCUT2D eigenvalue weighted by Gasteiger charge is 2.05. The molecule has 1 heterocycles. The van der Waals surface area contributed by atoms with Gasteiger partial charge in [0.15, 0.2) is 0 Å². The second-order valence-electron chi connectivity index (χ2n) is 5.73. The molecule has 0 amide bonds. The van der Waals surface area contributed by atoms with Crippen LogP contribution < -0.4 is 4.74 Å². The molecule has 1 N–H and O–H groups in total. The molecule has 0 bridgehead atoms. The first-order chi connectivity index (χ1) is 11.8. The van der Waals surface area contributed by atoms with Crippen LogP contribution in [0.2, 0.25) is 0 Å². The summed E-state index contributed by atoms with van der Waals surface area (Å²) >= 11 is 0. The molecule has 0 aliphatic rings. The van der Waals surface area contributed by atoms with E-state index < -0.39 is 0 Å². The minimum atomic E-state index is 0.819. The normalized spacial score (nSPS) is 10.9. The number of hydrogen-bond donors (Lipinski definition) is 1. The van der Waals surface area contributed by atoms with Gasteiger partial charge < -0.3 is 9.72 Å². The molecular weight excluding hydrogens is 296 g/mol. The number of H-pyrrole nitrogens is 1. The van der Waals surface area contributed by atoms with Gasteiger partial charge in [0.25, 0.3) is 0 Å². The third kappa shape index (κ3) is 2.88. The van der Waals surface area contributed by atoms with Gasteiger partial charge in [0, 0.05) is 5.56 Å². The van der Waals surface area contributed by atoms with E-state index in [-0.39, 0.29) is 0 Å². The van der Waals surface area contributed by atoms with Crippen LogP contribution in [0.4, 0.5) is 0 Å². The maximum Gasteiger partial charge on any atom is 0.138 e. The predicted octanol–water partition coefficient (Wildman–Crippen LogP) is 5.58. The first kappa shape index (κ1) is 14.5. The van der Waals surface area contributed by atoms with Crippen molar-refractivity contribution in [1.82, 2.24) is 9.97 Å². The van der Waals surface area contributed by atoms with E-state index in [1.54, 1.807) is 0 Å². The molecule has 0 aliphatic carbocycles. The lowest BCUT2D eigenvalue weighted by molar-refractivity contribution is 0.482. The zero-order valence-corrected chi connectivity index (χ0v) is 13.5. The summed E-state index contributed by atoms with van der Waals surface area (Å²) in [5.41, 5.74) is 4.37. The molecule has 118 valence electrons. The molecular formula is C21H18N2O. The van der Waals surface area contributed by atoms with Crippen LogP contribution in [-0.4, -0.2) is 9.97 Å². The third-order valence-corrected chi connectivity index (χ3v) is 4.08. The fourth-order valence-electron chi connectivity index (χ4n) is 2.70. The molecule has 3 aromatic carbocycles. The summed E-state index contributed by atoms with van der Waals surface area (Å²) in [4.78, 5) is 7.96. The van der Waals surface area contributed by atoms with Crippen LogP contribution >= 0.6 is 0 Å². The van der Waals surface area contributed by atoms with Gasteiger partial charge in [-0.3, -0.25) is 0 Å². The van der Waals surface area contributed by atoms with Crippen molar-refractivity contribution in [3.8, 4) is 22.9 Å². The first-order valence-corrected chi connectivity index (χ1v) is 8.14. The van der Waals surface area contributed by atoms with Crippen molar-refractivity contribution in [2.45, 2.75) is 13.3 Å². The van der Waals surface area contributed by atoms with Crippen molar-refractivity contribution >= 4 is 11.0 Å². The Kier molecular flexibility index (Phi) is 3.75. The Morgan fingerprint density at radius 2 is 1.50 bits per heavy atom. The van der Waals surface area contributed by atoms with Crippen molar-refractivity contribution < 1.29 is 4.74 Å². The van der Waals surface area contributed by atoms with Gasteiger partial charge in [0.05, 0.1) is 11.0 Å². The van der Waals surface area contributed by atoms with Gasteiger partial charge in [-0.1, -0.05) is 31.2 Å². The van der Waals surface area contributed by atoms with E-state index >= 15 is 0 Å². The number of imidazole rings is 1. The zero-order valence-electron chi connectivity index (χ0n) is 13.5. The van der Waals surface area contributed by atoms with Gasteiger partial charge in [-0.05, 0) is 60.5 Å². The van der Waals surface area contributed by atoms with Gasteiger partial charge in [0.2, 0.25) is 0 Å². The number of fused-ring (bicyclic) bond motifs is 1. The van der Waals surface area contributed by atoms with Crippen LogP contribution in [0.25, 0.3) is 22.4 Å². The smallest absolute Gasteiger partial charge is 0.138 e. The molecule has 3 nitrogen and oxygen atoms in total. The van der Waals surface area contributed by atoms with Gasteiger partial charge in [-0.15, -0.1) is 0 Å². The number of aromatic nitrogens is 2. The Morgan fingerprint density at radius 1 is 0.833 bits per heavy atom. The van der Waals surface area contributed by atoms with Gasteiger partial charge >= 0.3 is 0 Å². The number of nitrogens with zero attached hydrogens (tertiary/aromatic N) is 1. The summed E-state index contributed by atoms with van der Waals surface area (Å²) in [6, 6.07) is 24.2. The molecule has 0 saturated heterocycles. The molecule has 0 radical (unpaired) electrons. The van der Waals surface area contributed by atoms with Crippen LogP contribution in [-0.2, 0) is 6.42 Å². The molecule has 24 heavy (non-hydrogen) atoms. The zero-order chi connectivity index (χ0) is 16.4. The lowest BCUT2D eigenvalue weighted by atomic mass is 10.2. The van der Waals surface area contributed by atoms with E-state index in [0.717, 1.165) is 40.3 Å². The van der Waals surface area contributed by atoms with Gasteiger partial charge in [-0.2, -0.15) is 0 Å². The van der Waals surface area contributed by atoms with Gasteiger partial charge in [-0.25, -0.2) is 4.98 Å². The van der Waals surface area contributed by atoms with Gasteiger partial charge in [0.1, 0.15) is 17.3 Å². The van der Waals surface area contributed by atoms with Crippen LogP contribution in [0.1, 0.15) is 12.5 Å². The molecule has 4 rings (SSSR count). The lowest BCUT2D eigenvalue weighted by Crippen LogP contribution is -1.86. The van der Waals surface area contributed by atoms with E-state index in [2.05, 4.69) is 29.0 Å². The molecule has 3 heteroatoms. The van der Waals surface area contributed by atoms with Crippen molar-refractivity contribution in [3.63, 3.8) is 0 Å². The molecule has 0 atom stereocenters. The highest BCUT2D eigenvalue weighted by Crippen LogP contribution is 2.26. The number of aromatic amines is 1. The number of rotatable bonds is 4. The lowest BCUT2D eigenvalue weighted by Gasteiger charge is -2.07. The highest BCUT2D eigenvalue weighted by molar-refractivity contribution is 5.79. The summed E-state index contributed by atoms with van der Waals surface area (Å²) in [5.74, 6) is 2.54. The van der Waals surface area contributed by atoms with E-state index in [0.29, 0.717) is 0 Å². The SMILES string of the molecule is CCc1ccc(Oc2ccc(-c3nc4ccccc4[nH]3)cc2)cc1. The number of ether oxygens (including phenoxy) is 1. The van der Waals surface area contributed by atoms with Crippen molar-refractivity contribution in [3.05, 3.63) is 78.4 Å². The number of nitrogens with one attached hydrogen (secondary N) is 1. The Bertz CT molecular complexity index is 920. The maximum absolute atomic E-state index is 5.90.